The van der Waals surface area contributed by atoms with Crippen LogP contribution in [-0.2, 0) is 13.0 Å². The number of fused-ring (bicyclic) bond motifs is 1. The minimum Gasteiger partial charge on any atom is -0.347 e. The third-order valence-corrected chi connectivity index (χ3v) is 6.09. The van der Waals surface area contributed by atoms with E-state index in [9.17, 15) is 0 Å². The molecule has 1 aromatic heterocycles. The molecule has 2 heterocycles. The lowest BCUT2D eigenvalue weighted by molar-refractivity contribution is 0.475. The zero-order valence-electron chi connectivity index (χ0n) is 11.5. The summed E-state index contributed by atoms with van der Waals surface area (Å²) in [6.07, 6.45) is 6.36. The van der Waals surface area contributed by atoms with Gasteiger partial charge in [-0.15, -0.1) is 0 Å². The van der Waals surface area contributed by atoms with Crippen LogP contribution in [0.2, 0.25) is 0 Å². The number of nitrogens with zero attached hydrogens (tertiary/aromatic N) is 1. The molecule has 1 saturated heterocycles. The third-order valence-electron chi connectivity index (χ3n) is 4.57. The van der Waals surface area contributed by atoms with Gasteiger partial charge in [0, 0.05) is 28.7 Å². The highest BCUT2D eigenvalue weighted by Crippen LogP contribution is 2.41. The van der Waals surface area contributed by atoms with Crippen molar-refractivity contribution in [2.24, 2.45) is 5.73 Å². The maximum absolute atomic E-state index is 6.25. The molecule has 2 atom stereocenters. The molecule has 2 N–H and O–H groups in total. The second kappa shape index (κ2) is 4.61. The molecule has 0 amide bonds. The van der Waals surface area contributed by atoms with Crippen molar-refractivity contribution in [2.45, 2.75) is 63.3 Å². The molecule has 18 heavy (non-hydrogen) atoms. The number of aromatic nitrogens is 1. The van der Waals surface area contributed by atoms with E-state index in [1.165, 1.54) is 54.9 Å². The lowest BCUT2D eigenvalue weighted by Crippen LogP contribution is -2.27. The molecular formula is C15H24N2S. The third kappa shape index (κ3) is 2.12. The lowest BCUT2D eigenvalue weighted by atomic mass is 9.93. The Bertz CT molecular complexity index is 444. The van der Waals surface area contributed by atoms with Gasteiger partial charge in [-0.1, -0.05) is 0 Å². The number of rotatable bonds is 2. The summed E-state index contributed by atoms with van der Waals surface area (Å²) in [6, 6.07) is 2.61. The first kappa shape index (κ1) is 12.6. The van der Waals surface area contributed by atoms with Crippen molar-refractivity contribution < 1.29 is 0 Å². The van der Waals surface area contributed by atoms with Gasteiger partial charge in [0.05, 0.1) is 0 Å². The van der Waals surface area contributed by atoms with Gasteiger partial charge in [0.1, 0.15) is 0 Å². The van der Waals surface area contributed by atoms with Gasteiger partial charge in [-0.05, 0) is 63.3 Å². The molecule has 1 aromatic rings. The highest BCUT2D eigenvalue weighted by molar-refractivity contribution is 8.00. The molecule has 100 valence electrons. The second-order valence-electron chi connectivity index (χ2n) is 6.17. The monoisotopic (exact) mass is 264 g/mol. The van der Waals surface area contributed by atoms with E-state index in [0.29, 0.717) is 4.75 Å². The minimum absolute atomic E-state index is 0.276. The summed E-state index contributed by atoms with van der Waals surface area (Å²) in [5.41, 5.74) is 10.6. The number of hydrogen-bond acceptors (Lipinski definition) is 2. The van der Waals surface area contributed by atoms with Gasteiger partial charge in [-0.25, -0.2) is 0 Å². The Labute approximate surface area is 114 Å². The van der Waals surface area contributed by atoms with Gasteiger partial charge in [0.15, 0.2) is 0 Å². The summed E-state index contributed by atoms with van der Waals surface area (Å²) >= 11 is 2.15. The van der Waals surface area contributed by atoms with Gasteiger partial charge in [-0.2, -0.15) is 11.8 Å². The van der Waals surface area contributed by atoms with E-state index >= 15 is 0 Å². The molecule has 0 saturated carbocycles. The van der Waals surface area contributed by atoms with Crippen molar-refractivity contribution in [3.05, 3.63) is 23.0 Å². The summed E-state index contributed by atoms with van der Waals surface area (Å²) in [4.78, 5) is 0. The second-order valence-corrected chi connectivity index (χ2v) is 7.86. The SMILES string of the molecule is Cc1cc2c(n1CC1(C)CCCS1)CCCC2N. The molecule has 1 aliphatic heterocycles. The van der Waals surface area contributed by atoms with Crippen LogP contribution in [0.3, 0.4) is 0 Å². The average molecular weight is 264 g/mol. The van der Waals surface area contributed by atoms with E-state index in [1.54, 1.807) is 0 Å². The van der Waals surface area contributed by atoms with E-state index in [-0.39, 0.29) is 6.04 Å². The Morgan fingerprint density at radius 1 is 1.50 bits per heavy atom. The zero-order chi connectivity index (χ0) is 12.8. The van der Waals surface area contributed by atoms with E-state index < -0.39 is 0 Å². The summed E-state index contributed by atoms with van der Waals surface area (Å²) < 4.78 is 3.01. The molecule has 1 fully saturated rings. The van der Waals surface area contributed by atoms with E-state index in [4.69, 9.17) is 5.73 Å². The summed E-state index contributed by atoms with van der Waals surface area (Å²) in [5.74, 6) is 1.33. The molecule has 0 aromatic carbocycles. The average Bonchev–Trinajstić information content (AvgIpc) is 2.88. The summed E-state index contributed by atoms with van der Waals surface area (Å²) in [6.45, 7) is 5.85. The molecule has 3 heteroatoms. The highest BCUT2D eigenvalue weighted by atomic mass is 32.2. The van der Waals surface area contributed by atoms with Crippen molar-refractivity contribution in [3.8, 4) is 0 Å². The first-order valence-electron chi connectivity index (χ1n) is 7.17. The van der Waals surface area contributed by atoms with Crippen LogP contribution in [0.25, 0.3) is 0 Å². The fraction of sp³-hybridized carbons (Fsp3) is 0.733. The molecule has 0 bridgehead atoms. The first-order chi connectivity index (χ1) is 8.59. The Kier molecular flexibility index (Phi) is 3.23. The summed E-state index contributed by atoms with van der Waals surface area (Å²) in [5, 5.41) is 0. The van der Waals surface area contributed by atoms with Crippen LogP contribution in [0.4, 0.5) is 0 Å². The number of aryl methyl sites for hydroxylation is 1. The highest BCUT2D eigenvalue weighted by Gasteiger charge is 2.32. The van der Waals surface area contributed by atoms with E-state index in [0.717, 1.165) is 6.42 Å². The number of nitrogens with two attached hydrogens (primary N) is 1. The molecule has 3 rings (SSSR count). The Morgan fingerprint density at radius 3 is 3.06 bits per heavy atom. The van der Waals surface area contributed by atoms with Crippen LogP contribution in [0.5, 0.6) is 0 Å². The maximum atomic E-state index is 6.25. The smallest absolute Gasteiger partial charge is 0.0369 e. The van der Waals surface area contributed by atoms with Crippen LogP contribution in [-0.4, -0.2) is 15.1 Å². The topological polar surface area (TPSA) is 30.9 Å². The van der Waals surface area contributed by atoms with Crippen molar-refractivity contribution in [2.75, 3.05) is 5.75 Å². The van der Waals surface area contributed by atoms with Crippen LogP contribution in [0, 0.1) is 6.92 Å². The fourth-order valence-electron chi connectivity index (χ4n) is 3.52. The fourth-order valence-corrected chi connectivity index (χ4v) is 4.81. The molecule has 0 spiro atoms. The predicted octanol–water partition coefficient (Wildman–Crippen LogP) is 3.42. The van der Waals surface area contributed by atoms with E-state index in [1.807, 2.05) is 0 Å². The molecule has 2 nitrogen and oxygen atoms in total. The van der Waals surface area contributed by atoms with Crippen molar-refractivity contribution in [1.29, 1.82) is 0 Å². The molecule has 2 unspecified atom stereocenters. The zero-order valence-corrected chi connectivity index (χ0v) is 12.4. The van der Waals surface area contributed by atoms with E-state index in [2.05, 4.69) is 36.2 Å². The Morgan fingerprint density at radius 2 is 2.33 bits per heavy atom. The standard InChI is InChI=1S/C15H24N2S/c1-11-9-12-13(16)5-3-6-14(12)17(11)10-15(2)7-4-8-18-15/h9,13H,3-8,10,16H2,1-2H3. The largest absolute Gasteiger partial charge is 0.347 e. The van der Waals surface area contributed by atoms with Gasteiger partial charge in [0.25, 0.3) is 0 Å². The normalized spacial score (nSPS) is 31.6. The summed E-state index contributed by atoms with van der Waals surface area (Å²) in [7, 11) is 0. The van der Waals surface area contributed by atoms with Crippen molar-refractivity contribution in [3.63, 3.8) is 0 Å². The number of thioether (sulfide) groups is 1. The molecular weight excluding hydrogens is 240 g/mol. The maximum Gasteiger partial charge on any atom is 0.0369 e. The van der Waals surface area contributed by atoms with Crippen LogP contribution >= 0.6 is 11.8 Å². The number of hydrogen-bond donors (Lipinski definition) is 1. The van der Waals surface area contributed by atoms with Crippen molar-refractivity contribution >= 4 is 11.8 Å². The minimum atomic E-state index is 0.276. The van der Waals surface area contributed by atoms with Gasteiger partial charge >= 0.3 is 0 Å². The van der Waals surface area contributed by atoms with Gasteiger partial charge in [0.2, 0.25) is 0 Å². The molecule has 2 aliphatic rings. The van der Waals surface area contributed by atoms with Crippen LogP contribution < -0.4 is 5.73 Å². The first-order valence-corrected chi connectivity index (χ1v) is 8.16. The van der Waals surface area contributed by atoms with Gasteiger partial charge < -0.3 is 10.3 Å². The molecule has 1 aliphatic carbocycles. The molecule has 0 radical (unpaired) electrons. The van der Waals surface area contributed by atoms with Gasteiger partial charge in [-0.3, -0.25) is 0 Å². The Hall–Kier alpha value is -0.410. The predicted molar refractivity (Wildman–Crippen MR) is 79.1 cm³/mol. The van der Waals surface area contributed by atoms with Crippen molar-refractivity contribution in [1.82, 2.24) is 4.57 Å². The Balaban J connectivity index is 1.92. The van der Waals surface area contributed by atoms with Crippen LogP contribution in [0.1, 0.15) is 55.6 Å². The quantitative estimate of drug-likeness (QED) is 0.887. The lowest BCUT2D eigenvalue weighted by Gasteiger charge is -2.28. The van der Waals surface area contributed by atoms with Crippen LogP contribution in [0.15, 0.2) is 6.07 Å².